The number of anilines is 1. The molecule has 1 fully saturated rings. The number of sulfonamides is 1. The zero-order valence-corrected chi connectivity index (χ0v) is 20.4. The van der Waals surface area contributed by atoms with E-state index in [-0.39, 0.29) is 23.1 Å². The largest absolute Gasteiger partial charge is 0.494 e. The van der Waals surface area contributed by atoms with E-state index in [9.17, 15) is 18.0 Å². The van der Waals surface area contributed by atoms with Gasteiger partial charge in [0.05, 0.1) is 11.5 Å². The van der Waals surface area contributed by atoms with E-state index in [1.807, 2.05) is 31.2 Å². The quantitative estimate of drug-likeness (QED) is 0.651. The predicted molar refractivity (Wildman–Crippen MR) is 129 cm³/mol. The van der Waals surface area contributed by atoms with Gasteiger partial charge in [-0.05, 0) is 61.2 Å². The predicted octanol–water partition coefficient (Wildman–Crippen LogP) is 2.85. The van der Waals surface area contributed by atoms with Crippen LogP contribution in [0.2, 0.25) is 0 Å². The van der Waals surface area contributed by atoms with Crippen LogP contribution in [0.3, 0.4) is 0 Å². The zero-order chi connectivity index (χ0) is 24.3. The van der Waals surface area contributed by atoms with E-state index in [1.54, 1.807) is 18.2 Å². The van der Waals surface area contributed by atoms with Crippen LogP contribution >= 0.6 is 0 Å². The number of ether oxygens (including phenoxy) is 1. The fraction of sp³-hybridized carbons (Fsp3) is 0.440. The molecule has 4 rings (SSSR count). The third-order valence-corrected chi connectivity index (χ3v) is 8.23. The number of piperidine rings is 1. The lowest BCUT2D eigenvalue weighted by atomic mass is 10.1. The summed E-state index contributed by atoms with van der Waals surface area (Å²) in [6.07, 6.45) is 3.03. The van der Waals surface area contributed by atoms with E-state index in [0.29, 0.717) is 37.5 Å². The van der Waals surface area contributed by atoms with Gasteiger partial charge in [-0.1, -0.05) is 18.6 Å². The van der Waals surface area contributed by atoms with Crippen molar-refractivity contribution in [2.75, 3.05) is 24.6 Å². The Labute approximate surface area is 200 Å². The van der Waals surface area contributed by atoms with Crippen molar-refractivity contribution in [3.63, 3.8) is 0 Å². The summed E-state index contributed by atoms with van der Waals surface area (Å²) in [5.74, 6) is 0.231. The van der Waals surface area contributed by atoms with E-state index >= 15 is 0 Å². The SMILES string of the molecule is CCOc1ccc(CNC(=O)[C@@H]2Cc3cc(S(=O)(=O)N4CCCCC4)ccc3N2C(C)=O)cc1. The van der Waals surface area contributed by atoms with Gasteiger partial charge in [-0.2, -0.15) is 4.31 Å². The van der Waals surface area contributed by atoms with Crippen molar-refractivity contribution in [3.05, 3.63) is 53.6 Å². The lowest BCUT2D eigenvalue weighted by molar-refractivity contribution is -0.125. The highest BCUT2D eigenvalue weighted by Gasteiger charge is 2.38. The first-order valence-electron chi connectivity index (χ1n) is 11.7. The van der Waals surface area contributed by atoms with Crippen LogP contribution in [0.15, 0.2) is 47.4 Å². The highest BCUT2D eigenvalue weighted by molar-refractivity contribution is 7.89. The summed E-state index contributed by atoms with van der Waals surface area (Å²) in [6.45, 7) is 5.28. The number of fused-ring (bicyclic) bond motifs is 1. The summed E-state index contributed by atoms with van der Waals surface area (Å²) >= 11 is 0. The topological polar surface area (TPSA) is 96.0 Å². The second kappa shape index (κ2) is 10.1. The smallest absolute Gasteiger partial charge is 0.243 e. The van der Waals surface area contributed by atoms with Gasteiger partial charge in [0.2, 0.25) is 21.8 Å². The summed E-state index contributed by atoms with van der Waals surface area (Å²) in [5.41, 5.74) is 2.19. The Hall–Kier alpha value is -2.91. The van der Waals surface area contributed by atoms with E-state index < -0.39 is 16.1 Å². The number of benzene rings is 2. The molecule has 1 saturated heterocycles. The minimum atomic E-state index is -3.59. The molecule has 2 amide bonds. The van der Waals surface area contributed by atoms with Crippen LogP contribution in [0, 0.1) is 0 Å². The molecule has 2 aromatic rings. The van der Waals surface area contributed by atoms with Crippen LogP contribution in [-0.2, 0) is 32.6 Å². The highest BCUT2D eigenvalue weighted by Crippen LogP contribution is 2.35. The number of rotatable bonds is 7. The van der Waals surface area contributed by atoms with Crippen LogP contribution < -0.4 is 15.0 Å². The molecule has 182 valence electrons. The number of carbonyl (C=O) groups is 2. The van der Waals surface area contributed by atoms with Crippen molar-refractivity contribution in [1.82, 2.24) is 9.62 Å². The van der Waals surface area contributed by atoms with Crippen LogP contribution in [-0.4, -0.2) is 50.3 Å². The molecule has 1 N–H and O–H groups in total. The van der Waals surface area contributed by atoms with Crippen molar-refractivity contribution in [1.29, 1.82) is 0 Å². The Morgan fingerprint density at radius 3 is 2.41 bits per heavy atom. The van der Waals surface area contributed by atoms with Crippen LogP contribution in [0.25, 0.3) is 0 Å². The Balaban J connectivity index is 1.49. The molecule has 2 aliphatic rings. The van der Waals surface area contributed by atoms with E-state index in [0.717, 1.165) is 30.6 Å². The number of nitrogens with one attached hydrogen (secondary N) is 1. The van der Waals surface area contributed by atoms with Crippen molar-refractivity contribution in [2.24, 2.45) is 0 Å². The van der Waals surface area contributed by atoms with Crippen LogP contribution in [0.1, 0.15) is 44.2 Å². The lowest BCUT2D eigenvalue weighted by Crippen LogP contribution is -2.47. The Morgan fingerprint density at radius 2 is 1.76 bits per heavy atom. The van der Waals surface area contributed by atoms with Gasteiger partial charge in [-0.15, -0.1) is 0 Å². The molecule has 0 bridgehead atoms. The van der Waals surface area contributed by atoms with Gasteiger partial charge in [0.1, 0.15) is 11.8 Å². The molecule has 8 nitrogen and oxygen atoms in total. The van der Waals surface area contributed by atoms with Crippen LogP contribution in [0.5, 0.6) is 5.75 Å². The molecular formula is C25H31N3O5S. The second-order valence-electron chi connectivity index (χ2n) is 8.66. The maximum Gasteiger partial charge on any atom is 0.243 e. The molecule has 2 heterocycles. The molecule has 34 heavy (non-hydrogen) atoms. The summed E-state index contributed by atoms with van der Waals surface area (Å²) in [4.78, 5) is 27.1. The number of hydrogen-bond acceptors (Lipinski definition) is 5. The molecule has 0 aromatic heterocycles. The molecule has 0 saturated carbocycles. The lowest BCUT2D eigenvalue weighted by Gasteiger charge is -2.26. The number of hydrogen-bond donors (Lipinski definition) is 1. The molecule has 0 unspecified atom stereocenters. The number of amides is 2. The van der Waals surface area contributed by atoms with Crippen molar-refractivity contribution in [3.8, 4) is 5.75 Å². The summed E-state index contributed by atoms with van der Waals surface area (Å²) < 4.78 is 33.2. The van der Waals surface area contributed by atoms with Gasteiger partial charge in [-0.25, -0.2) is 8.42 Å². The van der Waals surface area contributed by atoms with Gasteiger partial charge >= 0.3 is 0 Å². The third-order valence-electron chi connectivity index (χ3n) is 6.33. The first-order chi connectivity index (χ1) is 16.3. The number of carbonyl (C=O) groups excluding carboxylic acids is 2. The van der Waals surface area contributed by atoms with Crippen molar-refractivity contribution >= 4 is 27.5 Å². The zero-order valence-electron chi connectivity index (χ0n) is 19.6. The molecule has 0 radical (unpaired) electrons. The second-order valence-corrected chi connectivity index (χ2v) is 10.6. The number of nitrogens with zero attached hydrogens (tertiary/aromatic N) is 2. The van der Waals surface area contributed by atoms with Gasteiger partial charge < -0.3 is 10.1 Å². The van der Waals surface area contributed by atoms with Gasteiger partial charge in [-0.3, -0.25) is 14.5 Å². The molecule has 2 aliphatic heterocycles. The summed E-state index contributed by atoms with van der Waals surface area (Å²) in [6, 6.07) is 11.6. The maximum absolute atomic E-state index is 13.1. The summed E-state index contributed by atoms with van der Waals surface area (Å²) in [5, 5.41) is 2.91. The monoisotopic (exact) mass is 485 g/mol. The fourth-order valence-corrected chi connectivity index (χ4v) is 6.19. The van der Waals surface area contributed by atoms with E-state index in [2.05, 4.69) is 5.32 Å². The van der Waals surface area contributed by atoms with Crippen molar-refractivity contribution < 1.29 is 22.7 Å². The first-order valence-corrected chi connectivity index (χ1v) is 13.2. The summed E-state index contributed by atoms with van der Waals surface area (Å²) in [7, 11) is -3.59. The average Bonchev–Trinajstić information content (AvgIpc) is 3.23. The molecule has 9 heteroatoms. The highest BCUT2D eigenvalue weighted by atomic mass is 32.2. The normalized spacial score (nSPS) is 18.4. The third kappa shape index (κ3) is 4.95. The van der Waals surface area contributed by atoms with Crippen LogP contribution in [0.4, 0.5) is 5.69 Å². The van der Waals surface area contributed by atoms with Gasteiger partial charge in [0, 0.05) is 38.7 Å². The Kier molecular flexibility index (Phi) is 7.23. The fourth-order valence-electron chi connectivity index (χ4n) is 4.62. The minimum absolute atomic E-state index is 0.215. The van der Waals surface area contributed by atoms with E-state index in [1.165, 1.54) is 16.1 Å². The standard InChI is InChI=1S/C25H31N3O5S/c1-3-33-21-9-7-19(8-10-21)17-26-25(30)24-16-20-15-22(11-12-23(20)28(24)18(2)29)34(31,32)27-13-5-4-6-14-27/h7-12,15,24H,3-6,13-14,16-17H2,1-2H3,(H,26,30)/t24-/m0/s1. The molecule has 1 atom stereocenters. The Bertz CT molecular complexity index is 1160. The molecular weight excluding hydrogens is 454 g/mol. The minimum Gasteiger partial charge on any atom is -0.494 e. The van der Waals surface area contributed by atoms with E-state index in [4.69, 9.17) is 4.74 Å². The Morgan fingerprint density at radius 1 is 1.06 bits per heavy atom. The molecule has 2 aromatic carbocycles. The average molecular weight is 486 g/mol. The molecule has 0 aliphatic carbocycles. The first kappa shape index (κ1) is 24.2. The van der Waals surface area contributed by atoms with Crippen molar-refractivity contribution in [2.45, 2.75) is 57.0 Å². The van der Waals surface area contributed by atoms with Gasteiger partial charge in [0.25, 0.3) is 0 Å². The van der Waals surface area contributed by atoms with Gasteiger partial charge in [0.15, 0.2) is 0 Å². The maximum atomic E-state index is 13.1. The molecule has 0 spiro atoms.